The van der Waals surface area contributed by atoms with Gasteiger partial charge in [-0.3, -0.25) is 24.3 Å². The third kappa shape index (κ3) is 5.97. The molecule has 1 N–H and O–H groups in total. The van der Waals surface area contributed by atoms with Gasteiger partial charge in [-0.1, -0.05) is 43.8 Å². The number of aromatic nitrogens is 2. The van der Waals surface area contributed by atoms with E-state index in [4.69, 9.17) is 9.72 Å². The van der Waals surface area contributed by atoms with Gasteiger partial charge in [0.25, 0.3) is 17.2 Å². The number of nitro groups is 1. The van der Waals surface area contributed by atoms with Crippen molar-refractivity contribution in [2.75, 3.05) is 13.7 Å². The molecule has 0 radical (unpaired) electrons. The highest BCUT2D eigenvalue weighted by molar-refractivity contribution is 7.98. The van der Waals surface area contributed by atoms with E-state index in [0.717, 1.165) is 0 Å². The molecule has 0 fully saturated rings. The second-order valence-electron chi connectivity index (χ2n) is 8.79. The molecular weight excluding hydrogens is 492 g/mol. The Morgan fingerprint density at radius 1 is 1.14 bits per heavy atom. The minimum absolute atomic E-state index is 0.00758. The van der Waals surface area contributed by atoms with Crippen LogP contribution in [0.25, 0.3) is 16.6 Å². The number of benzene rings is 3. The SMILES string of the molecule is COc1cccc(-n2c(SCc3cccc([N+](=O)[O-])c3)nc3cc(C(=O)NCC(C)C)ccc3c2=O)c1. The smallest absolute Gasteiger partial charge is 0.269 e. The number of carbonyl (C=O) groups excluding carboxylic acids is 1. The van der Waals surface area contributed by atoms with Crippen LogP contribution in [0, 0.1) is 16.0 Å². The van der Waals surface area contributed by atoms with Crippen molar-refractivity contribution < 1.29 is 14.5 Å². The second-order valence-corrected chi connectivity index (χ2v) is 9.73. The van der Waals surface area contributed by atoms with E-state index >= 15 is 0 Å². The van der Waals surface area contributed by atoms with Crippen molar-refractivity contribution in [3.63, 3.8) is 0 Å². The normalized spacial score (nSPS) is 11.0. The zero-order chi connectivity index (χ0) is 26.5. The molecule has 0 saturated heterocycles. The van der Waals surface area contributed by atoms with Crippen molar-refractivity contribution in [2.24, 2.45) is 5.92 Å². The fraction of sp³-hybridized carbons (Fsp3) is 0.222. The van der Waals surface area contributed by atoms with Gasteiger partial charge in [0, 0.05) is 36.1 Å². The molecule has 0 bridgehead atoms. The first kappa shape index (κ1) is 25.9. The molecule has 1 aromatic heterocycles. The molecule has 0 aliphatic heterocycles. The van der Waals surface area contributed by atoms with Crippen LogP contribution >= 0.6 is 11.8 Å². The van der Waals surface area contributed by atoms with Gasteiger partial charge in [-0.2, -0.15) is 0 Å². The van der Waals surface area contributed by atoms with Crippen LogP contribution in [-0.4, -0.2) is 34.0 Å². The first-order chi connectivity index (χ1) is 17.8. The van der Waals surface area contributed by atoms with Crippen molar-refractivity contribution in [3.05, 3.63) is 98.3 Å². The van der Waals surface area contributed by atoms with E-state index in [1.165, 1.54) is 28.5 Å². The molecule has 10 heteroatoms. The summed E-state index contributed by atoms with van der Waals surface area (Å²) in [5, 5.41) is 14.8. The highest BCUT2D eigenvalue weighted by Crippen LogP contribution is 2.27. The Labute approximate surface area is 217 Å². The summed E-state index contributed by atoms with van der Waals surface area (Å²) in [5.74, 6) is 0.990. The summed E-state index contributed by atoms with van der Waals surface area (Å²) in [6.45, 7) is 4.55. The summed E-state index contributed by atoms with van der Waals surface area (Å²) in [6.07, 6.45) is 0. The molecule has 0 aliphatic rings. The highest BCUT2D eigenvalue weighted by atomic mass is 32.2. The first-order valence-corrected chi connectivity index (χ1v) is 12.6. The van der Waals surface area contributed by atoms with Crippen molar-refractivity contribution in [1.82, 2.24) is 14.9 Å². The predicted molar refractivity (Wildman–Crippen MR) is 144 cm³/mol. The van der Waals surface area contributed by atoms with Crippen LogP contribution in [0.5, 0.6) is 5.75 Å². The molecule has 0 atom stereocenters. The molecule has 0 saturated carbocycles. The van der Waals surface area contributed by atoms with Gasteiger partial charge in [-0.15, -0.1) is 0 Å². The predicted octanol–water partition coefficient (Wildman–Crippen LogP) is 4.98. The zero-order valence-corrected chi connectivity index (χ0v) is 21.5. The lowest BCUT2D eigenvalue weighted by atomic mass is 10.1. The number of hydrogen-bond acceptors (Lipinski definition) is 7. The number of ether oxygens (including phenoxy) is 1. The van der Waals surface area contributed by atoms with Crippen LogP contribution < -0.4 is 15.6 Å². The van der Waals surface area contributed by atoms with Crippen LogP contribution in [0.3, 0.4) is 0 Å². The summed E-state index contributed by atoms with van der Waals surface area (Å²) in [6, 6.07) is 18.3. The van der Waals surface area contributed by atoms with E-state index in [1.54, 1.807) is 61.7 Å². The van der Waals surface area contributed by atoms with Crippen LogP contribution in [0.2, 0.25) is 0 Å². The Morgan fingerprint density at radius 2 is 1.92 bits per heavy atom. The van der Waals surface area contributed by atoms with Crippen LogP contribution in [0.15, 0.2) is 76.7 Å². The Hall–Kier alpha value is -4.18. The van der Waals surface area contributed by atoms with Gasteiger partial charge in [0.05, 0.1) is 28.6 Å². The Morgan fingerprint density at radius 3 is 2.65 bits per heavy atom. The number of nitrogens with one attached hydrogen (secondary N) is 1. The van der Waals surface area contributed by atoms with Gasteiger partial charge in [-0.05, 0) is 41.8 Å². The van der Waals surface area contributed by atoms with Gasteiger partial charge < -0.3 is 10.1 Å². The Bertz CT molecular complexity index is 1530. The number of nitrogens with zero attached hydrogens (tertiary/aromatic N) is 3. The number of methoxy groups -OCH3 is 1. The number of thioether (sulfide) groups is 1. The van der Waals surface area contributed by atoms with E-state index in [1.807, 2.05) is 13.8 Å². The molecule has 1 heterocycles. The summed E-state index contributed by atoms with van der Waals surface area (Å²) in [5.41, 5.74) is 1.78. The lowest BCUT2D eigenvalue weighted by Gasteiger charge is -2.15. The highest BCUT2D eigenvalue weighted by Gasteiger charge is 2.17. The molecule has 9 nitrogen and oxygen atoms in total. The number of nitro benzene ring substituents is 1. The second kappa shape index (κ2) is 11.3. The van der Waals surface area contributed by atoms with Gasteiger partial charge in [-0.25, -0.2) is 4.98 Å². The third-order valence-electron chi connectivity index (χ3n) is 5.57. The maximum atomic E-state index is 13.7. The molecule has 37 heavy (non-hydrogen) atoms. The molecule has 3 aromatic carbocycles. The summed E-state index contributed by atoms with van der Waals surface area (Å²) >= 11 is 1.27. The lowest BCUT2D eigenvalue weighted by molar-refractivity contribution is -0.384. The van der Waals surface area contributed by atoms with E-state index in [9.17, 15) is 19.7 Å². The van der Waals surface area contributed by atoms with E-state index < -0.39 is 4.92 Å². The molecule has 0 aliphatic carbocycles. The van der Waals surface area contributed by atoms with Gasteiger partial charge >= 0.3 is 0 Å². The summed E-state index contributed by atoms with van der Waals surface area (Å²) in [4.78, 5) is 41.8. The maximum Gasteiger partial charge on any atom is 0.269 e. The fourth-order valence-electron chi connectivity index (χ4n) is 3.69. The average molecular weight is 519 g/mol. The number of non-ortho nitro benzene ring substituents is 1. The molecule has 0 spiro atoms. The maximum absolute atomic E-state index is 13.7. The first-order valence-electron chi connectivity index (χ1n) is 11.6. The topological polar surface area (TPSA) is 116 Å². The molecule has 190 valence electrons. The quantitative estimate of drug-likeness (QED) is 0.144. The van der Waals surface area contributed by atoms with Gasteiger partial charge in [0.15, 0.2) is 5.16 Å². The number of rotatable bonds is 9. The van der Waals surface area contributed by atoms with Gasteiger partial charge in [0.2, 0.25) is 0 Å². The Kier molecular flexibility index (Phi) is 7.88. The van der Waals surface area contributed by atoms with Crippen LogP contribution in [0.4, 0.5) is 5.69 Å². The third-order valence-corrected chi connectivity index (χ3v) is 6.58. The largest absolute Gasteiger partial charge is 0.497 e. The van der Waals surface area contributed by atoms with Crippen molar-refractivity contribution >= 4 is 34.3 Å². The number of fused-ring (bicyclic) bond motifs is 1. The van der Waals surface area contributed by atoms with Gasteiger partial charge in [0.1, 0.15) is 5.75 Å². The average Bonchev–Trinajstić information content (AvgIpc) is 2.90. The Balaban J connectivity index is 1.80. The molecule has 1 amide bonds. The van der Waals surface area contributed by atoms with Crippen molar-refractivity contribution in [2.45, 2.75) is 24.8 Å². The monoisotopic (exact) mass is 518 g/mol. The van der Waals surface area contributed by atoms with E-state index in [-0.39, 0.29) is 17.2 Å². The molecular formula is C27H26N4O5S. The lowest BCUT2D eigenvalue weighted by Crippen LogP contribution is -2.27. The van der Waals surface area contributed by atoms with Crippen molar-refractivity contribution in [1.29, 1.82) is 0 Å². The van der Waals surface area contributed by atoms with E-state index in [0.29, 0.717) is 56.8 Å². The van der Waals surface area contributed by atoms with Crippen LogP contribution in [-0.2, 0) is 5.75 Å². The molecule has 4 rings (SSSR count). The van der Waals surface area contributed by atoms with Crippen LogP contribution in [0.1, 0.15) is 29.8 Å². The standard InChI is InChI=1S/C27H26N4O5S/c1-17(2)15-28-25(32)19-10-11-23-24(13-19)29-27(37-16-18-6-4-8-21(12-18)31(34)35)30(26(23)33)20-7-5-9-22(14-20)36-3/h4-14,17H,15-16H2,1-3H3,(H,28,32). The molecule has 4 aromatic rings. The molecule has 0 unspecified atom stereocenters. The fourth-order valence-corrected chi connectivity index (χ4v) is 4.64. The van der Waals surface area contributed by atoms with E-state index in [2.05, 4.69) is 5.32 Å². The zero-order valence-electron chi connectivity index (χ0n) is 20.6. The number of hydrogen-bond donors (Lipinski definition) is 1. The van der Waals surface area contributed by atoms with Crippen molar-refractivity contribution in [3.8, 4) is 11.4 Å². The summed E-state index contributed by atoms with van der Waals surface area (Å²) < 4.78 is 6.83. The minimum atomic E-state index is -0.444. The number of carbonyl (C=O) groups is 1. The minimum Gasteiger partial charge on any atom is -0.497 e. The number of amides is 1. The summed E-state index contributed by atoms with van der Waals surface area (Å²) in [7, 11) is 1.55.